The Labute approximate surface area is 126 Å². The predicted molar refractivity (Wildman–Crippen MR) is 85.5 cm³/mol. The van der Waals surface area contributed by atoms with Gasteiger partial charge in [0.2, 0.25) is 0 Å². The second-order valence-corrected chi connectivity index (χ2v) is 8.92. The second kappa shape index (κ2) is 7.37. The molecule has 0 amide bonds. The number of rotatable bonds is 5. The molecule has 1 heterocycles. The van der Waals surface area contributed by atoms with E-state index < -0.39 is 10.8 Å². The summed E-state index contributed by atoms with van der Waals surface area (Å²) in [6, 6.07) is 0.403. The van der Waals surface area contributed by atoms with Gasteiger partial charge in [0.05, 0.1) is 5.25 Å². The van der Waals surface area contributed by atoms with Crippen molar-refractivity contribution in [2.75, 3.05) is 19.8 Å². The molecule has 3 nitrogen and oxygen atoms in total. The monoisotopic (exact) mass is 301 g/mol. The SMILES string of the molecule is CCCNC1C(S(=O)C2CCOCC2)CCCC1(C)C. The summed E-state index contributed by atoms with van der Waals surface area (Å²) in [5.41, 5.74) is 0.263. The molecular weight excluding hydrogens is 270 g/mol. The predicted octanol–water partition coefficient (Wildman–Crippen LogP) is 2.86. The van der Waals surface area contributed by atoms with E-state index in [1.807, 2.05) is 0 Å². The van der Waals surface area contributed by atoms with Crippen molar-refractivity contribution >= 4 is 10.8 Å². The summed E-state index contributed by atoms with van der Waals surface area (Å²) in [5.74, 6) is 0. The van der Waals surface area contributed by atoms with Crippen molar-refractivity contribution in [1.29, 1.82) is 0 Å². The van der Waals surface area contributed by atoms with E-state index in [0.29, 0.717) is 16.5 Å². The van der Waals surface area contributed by atoms with E-state index in [9.17, 15) is 4.21 Å². The van der Waals surface area contributed by atoms with E-state index in [1.54, 1.807) is 0 Å². The van der Waals surface area contributed by atoms with Crippen molar-refractivity contribution in [1.82, 2.24) is 5.32 Å². The topological polar surface area (TPSA) is 38.3 Å². The molecule has 0 radical (unpaired) electrons. The first-order chi connectivity index (χ1) is 9.56. The average Bonchev–Trinajstić information content (AvgIpc) is 2.45. The lowest BCUT2D eigenvalue weighted by Gasteiger charge is -2.45. The lowest BCUT2D eigenvalue weighted by Crippen LogP contribution is -2.55. The molecule has 0 aromatic heterocycles. The van der Waals surface area contributed by atoms with Crippen LogP contribution < -0.4 is 5.32 Å². The van der Waals surface area contributed by atoms with Gasteiger partial charge < -0.3 is 10.1 Å². The molecule has 1 N–H and O–H groups in total. The number of hydrogen-bond donors (Lipinski definition) is 1. The Kier molecular flexibility index (Phi) is 6.06. The molecule has 2 fully saturated rings. The maximum atomic E-state index is 13.0. The van der Waals surface area contributed by atoms with Crippen molar-refractivity contribution in [2.24, 2.45) is 5.41 Å². The zero-order valence-electron chi connectivity index (χ0n) is 13.3. The van der Waals surface area contributed by atoms with Crippen LogP contribution in [0.1, 0.15) is 59.3 Å². The van der Waals surface area contributed by atoms with Gasteiger partial charge in [-0.15, -0.1) is 0 Å². The van der Waals surface area contributed by atoms with E-state index in [4.69, 9.17) is 4.74 Å². The number of nitrogens with one attached hydrogen (secondary N) is 1. The lowest BCUT2D eigenvalue weighted by molar-refractivity contribution is 0.0984. The van der Waals surface area contributed by atoms with Crippen LogP contribution >= 0.6 is 0 Å². The van der Waals surface area contributed by atoms with Gasteiger partial charge in [-0.25, -0.2) is 0 Å². The van der Waals surface area contributed by atoms with Gasteiger partial charge in [-0.1, -0.05) is 27.2 Å². The van der Waals surface area contributed by atoms with E-state index in [1.165, 1.54) is 12.8 Å². The van der Waals surface area contributed by atoms with Gasteiger partial charge >= 0.3 is 0 Å². The molecule has 3 unspecified atom stereocenters. The molecule has 1 saturated heterocycles. The number of ether oxygens (including phenoxy) is 1. The van der Waals surface area contributed by atoms with Gasteiger partial charge in [-0.05, 0) is 44.1 Å². The number of hydrogen-bond acceptors (Lipinski definition) is 3. The van der Waals surface area contributed by atoms with Crippen LogP contribution in [0.3, 0.4) is 0 Å². The molecule has 1 aliphatic carbocycles. The fourth-order valence-corrected chi connectivity index (χ4v) is 5.98. The molecule has 4 heteroatoms. The van der Waals surface area contributed by atoms with Crippen molar-refractivity contribution in [3.05, 3.63) is 0 Å². The molecule has 2 aliphatic rings. The van der Waals surface area contributed by atoms with Crippen LogP contribution in [0.2, 0.25) is 0 Å². The smallest absolute Gasteiger partial charge is 0.0509 e. The van der Waals surface area contributed by atoms with Crippen molar-refractivity contribution in [3.8, 4) is 0 Å². The van der Waals surface area contributed by atoms with Crippen LogP contribution in [0.15, 0.2) is 0 Å². The summed E-state index contributed by atoms with van der Waals surface area (Å²) in [4.78, 5) is 0. The Balaban J connectivity index is 2.07. The molecule has 0 spiro atoms. The molecule has 0 aromatic carbocycles. The highest BCUT2D eigenvalue weighted by molar-refractivity contribution is 7.86. The Morgan fingerprint density at radius 1 is 1.25 bits per heavy atom. The minimum Gasteiger partial charge on any atom is -0.381 e. The highest BCUT2D eigenvalue weighted by Crippen LogP contribution is 2.39. The summed E-state index contributed by atoms with van der Waals surface area (Å²) in [6.45, 7) is 9.50. The summed E-state index contributed by atoms with van der Waals surface area (Å²) in [5, 5.41) is 4.39. The Morgan fingerprint density at radius 3 is 2.60 bits per heavy atom. The van der Waals surface area contributed by atoms with Gasteiger partial charge in [0, 0.05) is 35.3 Å². The van der Waals surface area contributed by atoms with Crippen LogP contribution in [-0.2, 0) is 15.5 Å². The highest BCUT2D eigenvalue weighted by atomic mass is 32.2. The first-order valence-electron chi connectivity index (χ1n) is 8.27. The maximum Gasteiger partial charge on any atom is 0.0509 e. The zero-order valence-corrected chi connectivity index (χ0v) is 14.1. The van der Waals surface area contributed by atoms with Crippen LogP contribution in [0.4, 0.5) is 0 Å². The minimum atomic E-state index is -0.716. The van der Waals surface area contributed by atoms with Crippen LogP contribution in [0.25, 0.3) is 0 Å². The van der Waals surface area contributed by atoms with E-state index in [-0.39, 0.29) is 5.41 Å². The summed E-state index contributed by atoms with van der Waals surface area (Å²) < 4.78 is 18.4. The molecule has 3 atom stereocenters. The fourth-order valence-electron chi connectivity index (χ4n) is 3.70. The molecule has 118 valence electrons. The molecule has 1 saturated carbocycles. The quantitative estimate of drug-likeness (QED) is 0.848. The average molecular weight is 301 g/mol. The van der Waals surface area contributed by atoms with E-state index in [0.717, 1.165) is 45.4 Å². The molecule has 20 heavy (non-hydrogen) atoms. The second-order valence-electron chi connectivity index (χ2n) is 6.99. The third-order valence-corrected chi connectivity index (χ3v) is 7.17. The van der Waals surface area contributed by atoms with E-state index >= 15 is 0 Å². The normalized spacial score (nSPS) is 33.0. The van der Waals surface area contributed by atoms with E-state index in [2.05, 4.69) is 26.1 Å². The minimum absolute atomic E-state index is 0.263. The van der Waals surface area contributed by atoms with Gasteiger partial charge in [-0.3, -0.25) is 4.21 Å². The van der Waals surface area contributed by atoms with Gasteiger partial charge in [0.25, 0.3) is 0 Å². The largest absolute Gasteiger partial charge is 0.381 e. The first-order valence-corrected chi connectivity index (χ1v) is 9.54. The van der Waals surface area contributed by atoms with Crippen LogP contribution in [0, 0.1) is 5.41 Å². The Hall–Kier alpha value is 0.0700. The molecular formula is C16H31NO2S. The summed E-state index contributed by atoms with van der Waals surface area (Å²) in [6.07, 6.45) is 6.68. The Bertz CT molecular complexity index is 326. The van der Waals surface area contributed by atoms with Crippen molar-refractivity contribution in [3.63, 3.8) is 0 Å². The van der Waals surface area contributed by atoms with Crippen LogP contribution in [-0.4, -0.2) is 40.5 Å². The van der Waals surface area contributed by atoms with Gasteiger partial charge in [0.1, 0.15) is 0 Å². The van der Waals surface area contributed by atoms with Gasteiger partial charge in [-0.2, -0.15) is 0 Å². The third-order valence-electron chi connectivity index (χ3n) is 4.93. The fraction of sp³-hybridized carbons (Fsp3) is 1.00. The van der Waals surface area contributed by atoms with Crippen molar-refractivity contribution < 1.29 is 8.95 Å². The molecule has 2 rings (SSSR count). The zero-order chi connectivity index (χ0) is 14.6. The van der Waals surface area contributed by atoms with Gasteiger partial charge in [0.15, 0.2) is 0 Å². The summed E-state index contributed by atoms with van der Waals surface area (Å²) in [7, 11) is -0.716. The summed E-state index contributed by atoms with van der Waals surface area (Å²) >= 11 is 0. The van der Waals surface area contributed by atoms with Crippen molar-refractivity contribution in [2.45, 2.75) is 75.8 Å². The molecule has 1 aliphatic heterocycles. The third kappa shape index (κ3) is 3.83. The first kappa shape index (κ1) is 16.4. The highest BCUT2D eigenvalue weighted by Gasteiger charge is 2.43. The van der Waals surface area contributed by atoms with Crippen LogP contribution in [0.5, 0.6) is 0 Å². The maximum absolute atomic E-state index is 13.0. The lowest BCUT2D eigenvalue weighted by atomic mass is 9.73. The molecule has 0 bridgehead atoms. The molecule has 0 aromatic rings. The Morgan fingerprint density at radius 2 is 1.95 bits per heavy atom. The standard InChI is InChI=1S/C16H31NO2S/c1-4-10-17-15-14(6-5-9-16(15,2)3)20(18)13-7-11-19-12-8-13/h13-15,17H,4-12H2,1-3H3.